The number of likely N-dealkylation sites (tertiary alicyclic amines) is 1. The third kappa shape index (κ3) is 2.57. The van der Waals surface area contributed by atoms with Crippen molar-refractivity contribution in [3.63, 3.8) is 0 Å². The maximum absolute atomic E-state index is 12.3. The molecule has 0 aliphatic carbocycles. The van der Waals surface area contributed by atoms with Gasteiger partial charge in [-0.3, -0.25) is 14.4 Å². The Morgan fingerprint density at radius 1 is 1.25 bits per heavy atom. The molecule has 106 valence electrons. The summed E-state index contributed by atoms with van der Waals surface area (Å²) in [6.45, 7) is 4.18. The normalized spacial score (nSPS) is 22.2. The second-order valence-corrected chi connectivity index (χ2v) is 4.86. The molecule has 1 fully saturated rings. The van der Waals surface area contributed by atoms with Crippen LogP contribution < -0.4 is 5.32 Å². The van der Waals surface area contributed by atoms with Crippen LogP contribution in [0, 0.1) is 5.92 Å². The largest absolute Gasteiger partial charge is 0.355 e. The summed E-state index contributed by atoms with van der Waals surface area (Å²) in [6.07, 6.45) is 0. The predicted molar refractivity (Wildman–Crippen MR) is 73.6 cm³/mol. The van der Waals surface area contributed by atoms with Crippen LogP contribution in [0.1, 0.15) is 19.4 Å². The number of rotatable bonds is 4. The molecule has 0 bridgehead atoms. The molecule has 20 heavy (non-hydrogen) atoms. The van der Waals surface area contributed by atoms with Gasteiger partial charge >= 0.3 is 0 Å². The molecule has 0 radical (unpaired) electrons. The number of carbonyl (C=O) groups excluding carboxylic acids is 3. The van der Waals surface area contributed by atoms with Crippen molar-refractivity contribution in [2.45, 2.75) is 26.4 Å². The quantitative estimate of drug-likeness (QED) is 0.823. The Bertz CT molecular complexity index is 527. The lowest BCUT2D eigenvalue weighted by molar-refractivity contribution is -0.140. The highest BCUT2D eigenvalue weighted by Crippen LogP contribution is 2.23. The minimum Gasteiger partial charge on any atom is -0.355 e. The molecule has 5 nitrogen and oxygen atoms in total. The SMILES string of the molecule is CCNC(=O)C1C(=O)C(C)N(Cc2ccccc2)C1=O. The van der Waals surface area contributed by atoms with Gasteiger partial charge in [0.15, 0.2) is 11.7 Å². The third-order valence-corrected chi connectivity index (χ3v) is 3.50. The minimum absolute atomic E-state index is 0.322. The summed E-state index contributed by atoms with van der Waals surface area (Å²) >= 11 is 0. The van der Waals surface area contributed by atoms with E-state index in [9.17, 15) is 14.4 Å². The Labute approximate surface area is 118 Å². The number of nitrogens with zero attached hydrogens (tertiary/aromatic N) is 1. The van der Waals surface area contributed by atoms with E-state index in [1.54, 1.807) is 13.8 Å². The molecule has 2 atom stereocenters. The smallest absolute Gasteiger partial charge is 0.243 e. The summed E-state index contributed by atoms with van der Waals surface area (Å²) in [5, 5.41) is 2.55. The molecule has 1 heterocycles. The Kier molecular flexibility index (Phi) is 4.17. The van der Waals surface area contributed by atoms with Crippen molar-refractivity contribution >= 4 is 17.6 Å². The van der Waals surface area contributed by atoms with Crippen molar-refractivity contribution in [3.05, 3.63) is 35.9 Å². The van der Waals surface area contributed by atoms with E-state index >= 15 is 0 Å². The maximum atomic E-state index is 12.3. The molecule has 1 aliphatic heterocycles. The van der Waals surface area contributed by atoms with Gasteiger partial charge in [0.25, 0.3) is 0 Å². The molecule has 2 rings (SSSR count). The summed E-state index contributed by atoms with van der Waals surface area (Å²) in [5.74, 6) is -2.41. The van der Waals surface area contributed by atoms with E-state index in [2.05, 4.69) is 5.32 Å². The fourth-order valence-electron chi connectivity index (χ4n) is 2.39. The van der Waals surface area contributed by atoms with Gasteiger partial charge in [-0.2, -0.15) is 0 Å². The van der Waals surface area contributed by atoms with Gasteiger partial charge in [0.1, 0.15) is 0 Å². The number of nitrogens with one attached hydrogen (secondary N) is 1. The van der Waals surface area contributed by atoms with Crippen molar-refractivity contribution in [3.8, 4) is 0 Å². The molecule has 0 aromatic heterocycles. The Morgan fingerprint density at radius 2 is 1.90 bits per heavy atom. The Morgan fingerprint density at radius 3 is 2.50 bits per heavy atom. The monoisotopic (exact) mass is 274 g/mol. The zero-order chi connectivity index (χ0) is 14.7. The lowest BCUT2D eigenvalue weighted by atomic mass is 10.0. The summed E-state index contributed by atoms with van der Waals surface area (Å²) in [4.78, 5) is 37.7. The van der Waals surface area contributed by atoms with Gasteiger partial charge in [-0.1, -0.05) is 30.3 Å². The molecule has 2 unspecified atom stereocenters. The number of ketones is 1. The molecule has 1 aromatic carbocycles. The van der Waals surface area contributed by atoms with Gasteiger partial charge < -0.3 is 10.2 Å². The molecule has 0 spiro atoms. The van der Waals surface area contributed by atoms with E-state index in [0.717, 1.165) is 5.56 Å². The number of hydrogen-bond donors (Lipinski definition) is 1. The van der Waals surface area contributed by atoms with Crippen molar-refractivity contribution in [1.82, 2.24) is 10.2 Å². The van der Waals surface area contributed by atoms with Crippen LogP contribution in [-0.4, -0.2) is 35.1 Å². The van der Waals surface area contributed by atoms with Crippen molar-refractivity contribution in [1.29, 1.82) is 0 Å². The van der Waals surface area contributed by atoms with Gasteiger partial charge in [-0.25, -0.2) is 0 Å². The average Bonchev–Trinajstić information content (AvgIpc) is 2.64. The summed E-state index contributed by atoms with van der Waals surface area (Å²) in [5.41, 5.74) is 0.942. The average molecular weight is 274 g/mol. The first-order valence-electron chi connectivity index (χ1n) is 6.72. The molecule has 1 saturated heterocycles. The summed E-state index contributed by atoms with van der Waals surface area (Å²) in [6, 6.07) is 8.87. The lowest BCUT2D eigenvalue weighted by Gasteiger charge is -2.20. The zero-order valence-corrected chi connectivity index (χ0v) is 11.6. The van der Waals surface area contributed by atoms with E-state index in [-0.39, 0.29) is 5.78 Å². The first-order chi connectivity index (χ1) is 9.56. The first-order valence-corrected chi connectivity index (χ1v) is 6.72. The van der Waals surface area contributed by atoms with Crippen LogP contribution in [0.15, 0.2) is 30.3 Å². The minimum atomic E-state index is -1.19. The fourth-order valence-corrected chi connectivity index (χ4v) is 2.39. The molecule has 5 heteroatoms. The van der Waals surface area contributed by atoms with Gasteiger partial charge in [-0.15, -0.1) is 0 Å². The van der Waals surface area contributed by atoms with Crippen molar-refractivity contribution in [2.75, 3.05) is 6.54 Å². The fraction of sp³-hybridized carbons (Fsp3) is 0.400. The number of amides is 2. The highest BCUT2D eigenvalue weighted by molar-refractivity contribution is 6.23. The lowest BCUT2D eigenvalue weighted by Crippen LogP contribution is -2.38. The Balaban J connectivity index is 2.17. The van der Waals surface area contributed by atoms with Crippen molar-refractivity contribution in [2.24, 2.45) is 5.92 Å². The number of hydrogen-bond acceptors (Lipinski definition) is 3. The Hall–Kier alpha value is -2.17. The number of benzene rings is 1. The van der Waals surface area contributed by atoms with E-state index in [0.29, 0.717) is 13.1 Å². The summed E-state index contributed by atoms with van der Waals surface area (Å²) < 4.78 is 0. The molecule has 1 aromatic rings. The third-order valence-electron chi connectivity index (χ3n) is 3.50. The van der Waals surface area contributed by atoms with Gasteiger partial charge in [0.05, 0.1) is 6.04 Å². The molecular weight excluding hydrogens is 256 g/mol. The van der Waals surface area contributed by atoms with Gasteiger partial charge in [0, 0.05) is 13.1 Å². The van der Waals surface area contributed by atoms with E-state index in [1.807, 2.05) is 30.3 Å². The van der Waals surface area contributed by atoms with Crippen LogP contribution in [-0.2, 0) is 20.9 Å². The number of Topliss-reactive ketones (excluding diaryl/α,β-unsaturated/α-hetero) is 1. The van der Waals surface area contributed by atoms with Crippen LogP contribution >= 0.6 is 0 Å². The topological polar surface area (TPSA) is 66.5 Å². The van der Waals surface area contributed by atoms with Crippen LogP contribution in [0.25, 0.3) is 0 Å². The molecule has 0 saturated carbocycles. The highest BCUT2D eigenvalue weighted by atomic mass is 16.2. The van der Waals surface area contributed by atoms with Crippen LogP contribution in [0.5, 0.6) is 0 Å². The van der Waals surface area contributed by atoms with E-state index in [1.165, 1.54) is 4.90 Å². The zero-order valence-electron chi connectivity index (χ0n) is 11.6. The standard InChI is InChI=1S/C15H18N2O3/c1-3-16-14(19)12-13(18)10(2)17(15(12)20)9-11-7-5-4-6-8-11/h4-8,10,12H,3,9H2,1-2H3,(H,16,19). The van der Waals surface area contributed by atoms with Gasteiger partial charge in [0.2, 0.25) is 11.8 Å². The molecular formula is C15H18N2O3. The highest BCUT2D eigenvalue weighted by Gasteiger charge is 2.48. The number of carbonyl (C=O) groups is 3. The first kappa shape index (κ1) is 14.2. The van der Waals surface area contributed by atoms with E-state index in [4.69, 9.17) is 0 Å². The second kappa shape index (κ2) is 5.86. The summed E-state index contributed by atoms with van der Waals surface area (Å²) in [7, 11) is 0. The maximum Gasteiger partial charge on any atom is 0.243 e. The molecule has 1 aliphatic rings. The molecule has 1 N–H and O–H groups in total. The predicted octanol–water partition coefficient (Wildman–Crippen LogP) is 0.739. The van der Waals surface area contributed by atoms with Crippen LogP contribution in [0.3, 0.4) is 0 Å². The van der Waals surface area contributed by atoms with Gasteiger partial charge in [-0.05, 0) is 19.4 Å². The second-order valence-electron chi connectivity index (χ2n) is 4.86. The van der Waals surface area contributed by atoms with Crippen LogP contribution in [0.2, 0.25) is 0 Å². The molecule has 2 amide bonds. The van der Waals surface area contributed by atoms with E-state index < -0.39 is 23.8 Å². The van der Waals surface area contributed by atoms with Crippen molar-refractivity contribution < 1.29 is 14.4 Å². The van der Waals surface area contributed by atoms with Crippen LogP contribution in [0.4, 0.5) is 0 Å².